The van der Waals surface area contributed by atoms with E-state index in [0.29, 0.717) is 5.92 Å². The first-order valence-electron chi connectivity index (χ1n) is 7.88. The fourth-order valence-corrected chi connectivity index (χ4v) is 3.47. The summed E-state index contributed by atoms with van der Waals surface area (Å²) in [6.07, 6.45) is 4.80. The van der Waals surface area contributed by atoms with Crippen molar-refractivity contribution in [2.75, 3.05) is 33.2 Å². The number of amides is 1. The molecular weight excluding hydrogens is 250 g/mol. The minimum atomic E-state index is 0.183. The second-order valence-corrected chi connectivity index (χ2v) is 6.21. The monoisotopic (exact) mass is 275 g/mol. The summed E-state index contributed by atoms with van der Waals surface area (Å²) in [5.41, 5.74) is 3.51. The molecule has 1 saturated heterocycles. The second kappa shape index (κ2) is 5.60. The van der Waals surface area contributed by atoms with Crippen LogP contribution in [0, 0.1) is 0 Å². The molecule has 2 aliphatic rings. The van der Waals surface area contributed by atoms with Crippen molar-refractivity contribution in [1.29, 1.82) is 0 Å². The van der Waals surface area contributed by atoms with Crippen LogP contribution in [0.4, 0.5) is 0 Å². The van der Waals surface area contributed by atoms with E-state index < -0.39 is 0 Å². The third-order valence-corrected chi connectivity index (χ3v) is 4.85. The molecule has 110 valence electrons. The van der Waals surface area contributed by atoms with E-state index in [-0.39, 0.29) is 5.91 Å². The number of hydrogen-bond donors (Lipinski definition) is 1. The van der Waals surface area contributed by atoms with Gasteiger partial charge in [-0.05, 0) is 50.3 Å². The lowest BCUT2D eigenvalue weighted by Crippen LogP contribution is -2.47. The lowest BCUT2D eigenvalue weighted by molar-refractivity contribution is 0.0658. The molecule has 1 aliphatic carbocycles. The molecule has 0 bridgehead atoms. The van der Waals surface area contributed by atoms with Gasteiger partial charge in [-0.25, -0.2) is 0 Å². The van der Waals surface area contributed by atoms with Gasteiger partial charge in [0.2, 0.25) is 0 Å². The molecule has 0 aromatic carbocycles. The van der Waals surface area contributed by atoms with Crippen LogP contribution in [-0.4, -0.2) is 53.9 Å². The Kier molecular flexibility index (Phi) is 3.83. The highest BCUT2D eigenvalue weighted by Crippen LogP contribution is 2.33. The van der Waals surface area contributed by atoms with Crippen molar-refractivity contribution >= 4 is 5.91 Å². The Morgan fingerprint density at radius 1 is 1.35 bits per heavy atom. The Bertz CT molecular complexity index is 486. The molecule has 0 radical (unpaired) electrons. The first-order valence-corrected chi connectivity index (χ1v) is 7.88. The van der Waals surface area contributed by atoms with E-state index in [1.54, 1.807) is 0 Å². The van der Waals surface area contributed by atoms with Crippen LogP contribution in [-0.2, 0) is 6.42 Å². The minimum Gasteiger partial charge on any atom is -0.354 e. The summed E-state index contributed by atoms with van der Waals surface area (Å²) >= 11 is 0. The largest absolute Gasteiger partial charge is 0.354 e. The maximum atomic E-state index is 12.6. The molecular formula is C16H25N3O. The van der Waals surface area contributed by atoms with Gasteiger partial charge in [-0.1, -0.05) is 6.92 Å². The van der Waals surface area contributed by atoms with Gasteiger partial charge in [-0.3, -0.25) is 4.79 Å². The van der Waals surface area contributed by atoms with Crippen LogP contribution in [0.2, 0.25) is 0 Å². The number of hydrogen-bond acceptors (Lipinski definition) is 2. The molecule has 1 aromatic rings. The zero-order chi connectivity index (χ0) is 14.1. The zero-order valence-corrected chi connectivity index (χ0v) is 12.6. The number of aromatic nitrogens is 1. The van der Waals surface area contributed by atoms with Crippen molar-refractivity contribution in [1.82, 2.24) is 14.8 Å². The predicted molar refractivity (Wildman–Crippen MR) is 80.2 cm³/mol. The third-order valence-electron chi connectivity index (χ3n) is 4.85. The summed E-state index contributed by atoms with van der Waals surface area (Å²) in [6, 6.07) is 2.11. The van der Waals surface area contributed by atoms with Crippen LogP contribution in [0.3, 0.4) is 0 Å². The Hall–Kier alpha value is -1.29. The number of carbonyl (C=O) groups excluding carboxylic acids is 1. The van der Waals surface area contributed by atoms with Gasteiger partial charge in [0.25, 0.3) is 5.91 Å². The van der Waals surface area contributed by atoms with Gasteiger partial charge in [0.15, 0.2) is 0 Å². The standard InChI is InChI=1S/C16H25N3O/c1-3-12-5-4-6-13-11-14(17-15(12)13)16(20)19-9-7-18(2)8-10-19/h11-12,17H,3-10H2,1-2H3. The highest BCUT2D eigenvalue weighted by Gasteiger charge is 2.26. The first-order chi connectivity index (χ1) is 9.69. The van der Waals surface area contributed by atoms with Crippen LogP contribution in [0.5, 0.6) is 0 Å². The van der Waals surface area contributed by atoms with E-state index in [9.17, 15) is 4.79 Å². The number of fused-ring (bicyclic) bond motifs is 1. The molecule has 0 spiro atoms. The molecule has 2 heterocycles. The van der Waals surface area contributed by atoms with Crippen molar-refractivity contribution in [3.63, 3.8) is 0 Å². The average Bonchev–Trinajstić information content (AvgIpc) is 2.91. The fraction of sp³-hybridized carbons (Fsp3) is 0.688. The van der Waals surface area contributed by atoms with Crippen molar-refractivity contribution in [2.45, 2.75) is 38.5 Å². The maximum Gasteiger partial charge on any atom is 0.270 e. The highest BCUT2D eigenvalue weighted by atomic mass is 16.2. The van der Waals surface area contributed by atoms with Crippen LogP contribution in [0.25, 0.3) is 0 Å². The van der Waals surface area contributed by atoms with Crippen LogP contribution in [0.1, 0.15) is 53.8 Å². The van der Waals surface area contributed by atoms with Crippen molar-refractivity contribution < 1.29 is 4.79 Å². The predicted octanol–water partition coefficient (Wildman–Crippen LogP) is 2.23. The topological polar surface area (TPSA) is 39.3 Å². The molecule has 1 fully saturated rings. The molecule has 1 unspecified atom stereocenters. The second-order valence-electron chi connectivity index (χ2n) is 6.21. The summed E-state index contributed by atoms with van der Waals surface area (Å²) in [5, 5.41) is 0. The van der Waals surface area contributed by atoms with Crippen LogP contribution >= 0.6 is 0 Å². The lowest BCUT2D eigenvalue weighted by Gasteiger charge is -2.32. The molecule has 0 saturated carbocycles. The normalized spacial score (nSPS) is 23.7. The molecule has 1 amide bonds. The third kappa shape index (κ3) is 2.49. The summed E-state index contributed by atoms with van der Waals surface area (Å²) in [6.45, 7) is 5.88. The van der Waals surface area contributed by atoms with Crippen molar-refractivity contribution in [2.24, 2.45) is 0 Å². The number of H-pyrrole nitrogens is 1. The number of likely N-dealkylation sites (N-methyl/N-ethyl adjacent to an activating group) is 1. The van der Waals surface area contributed by atoms with Crippen LogP contribution in [0.15, 0.2) is 6.07 Å². The van der Waals surface area contributed by atoms with Gasteiger partial charge in [-0.2, -0.15) is 0 Å². The Morgan fingerprint density at radius 2 is 2.10 bits per heavy atom. The van der Waals surface area contributed by atoms with Gasteiger partial charge >= 0.3 is 0 Å². The van der Waals surface area contributed by atoms with Gasteiger partial charge in [0, 0.05) is 31.9 Å². The molecule has 1 N–H and O–H groups in total. The van der Waals surface area contributed by atoms with Gasteiger partial charge in [-0.15, -0.1) is 0 Å². The Labute approximate surface area is 121 Å². The lowest BCUT2D eigenvalue weighted by atomic mass is 9.86. The molecule has 1 aromatic heterocycles. The smallest absolute Gasteiger partial charge is 0.270 e. The average molecular weight is 275 g/mol. The number of aromatic amines is 1. The zero-order valence-electron chi connectivity index (χ0n) is 12.6. The summed E-state index contributed by atoms with van der Waals surface area (Å²) < 4.78 is 0. The summed E-state index contributed by atoms with van der Waals surface area (Å²) in [4.78, 5) is 20.3. The quantitative estimate of drug-likeness (QED) is 0.899. The minimum absolute atomic E-state index is 0.183. The maximum absolute atomic E-state index is 12.6. The SMILES string of the molecule is CCC1CCCc2cc(C(=O)N3CCN(C)CC3)[nH]c21. The molecule has 1 aliphatic heterocycles. The number of aryl methyl sites for hydroxylation is 1. The number of rotatable bonds is 2. The number of carbonyl (C=O) groups is 1. The summed E-state index contributed by atoms with van der Waals surface area (Å²) in [5.74, 6) is 0.801. The highest BCUT2D eigenvalue weighted by molar-refractivity contribution is 5.93. The molecule has 1 atom stereocenters. The molecule has 4 heteroatoms. The number of nitrogens with zero attached hydrogens (tertiary/aromatic N) is 2. The van der Waals surface area contributed by atoms with Crippen molar-refractivity contribution in [3.05, 3.63) is 23.0 Å². The summed E-state index contributed by atoms with van der Waals surface area (Å²) in [7, 11) is 2.11. The fourth-order valence-electron chi connectivity index (χ4n) is 3.47. The van der Waals surface area contributed by atoms with Gasteiger partial charge < -0.3 is 14.8 Å². The van der Waals surface area contributed by atoms with Crippen molar-refractivity contribution in [3.8, 4) is 0 Å². The first kappa shape index (κ1) is 13.7. The van der Waals surface area contributed by atoms with E-state index in [1.165, 1.54) is 24.1 Å². The Morgan fingerprint density at radius 3 is 2.80 bits per heavy atom. The molecule has 3 rings (SSSR count). The van der Waals surface area contributed by atoms with E-state index in [0.717, 1.165) is 44.7 Å². The van der Waals surface area contributed by atoms with E-state index in [4.69, 9.17) is 0 Å². The molecule has 4 nitrogen and oxygen atoms in total. The number of piperazine rings is 1. The van der Waals surface area contributed by atoms with E-state index in [1.807, 2.05) is 4.90 Å². The van der Waals surface area contributed by atoms with Gasteiger partial charge in [0.1, 0.15) is 5.69 Å². The van der Waals surface area contributed by atoms with E-state index in [2.05, 4.69) is 29.9 Å². The Balaban J connectivity index is 1.77. The van der Waals surface area contributed by atoms with Crippen LogP contribution < -0.4 is 0 Å². The van der Waals surface area contributed by atoms with Gasteiger partial charge in [0.05, 0.1) is 0 Å². The van der Waals surface area contributed by atoms with E-state index >= 15 is 0 Å². The molecule has 20 heavy (non-hydrogen) atoms. The number of nitrogens with one attached hydrogen (secondary N) is 1.